The highest BCUT2D eigenvalue weighted by Crippen LogP contribution is 2.40. The van der Waals surface area contributed by atoms with Gasteiger partial charge in [-0.3, -0.25) is 9.59 Å². The number of anilines is 1. The van der Waals surface area contributed by atoms with Crippen LogP contribution < -0.4 is 14.4 Å². The van der Waals surface area contributed by atoms with Crippen molar-refractivity contribution in [3.05, 3.63) is 41.2 Å². The quantitative estimate of drug-likeness (QED) is 0.614. The monoisotopic (exact) mass is 519 g/mol. The Balaban J connectivity index is 1.28. The van der Waals surface area contributed by atoms with Crippen molar-refractivity contribution in [2.45, 2.75) is 31.5 Å². The number of nitrogens with zero attached hydrogens (tertiary/aromatic N) is 5. The molecule has 1 atom stereocenters. The predicted octanol–water partition coefficient (Wildman–Crippen LogP) is 2.70. The van der Waals surface area contributed by atoms with Crippen molar-refractivity contribution in [2.24, 2.45) is 5.92 Å². The van der Waals surface area contributed by atoms with E-state index in [-0.39, 0.29) is 36.3 Å². The minimum absolute atomic E-state index is 0.00713. The average molecular weight is 520 g/mol. The molecule has 37 heavy (non-hydrogen) atoms. The summed E-state index contributed by atoms with van der Waals surface area (Å²) in [5, 5.41) is 0. The number of piperazine rings is 1. The fourth-order valence-electron chi connectivity index (χ4n) is 5.46. The molecule has 0 saturated carbocycles. The van der Waals surface area contributed by atoms with Gasteiger partial charge in [-0.05, 0) is 48.6 Å². The van der Waals surface area contributed by atoms with Crippen LogP contribution in [0.5, 0.6) is 11.5 Å². The maximum absolute atomic E-state index is 13.4. The number of alkyl halides is 3. The van der Waals surface area contributed by atoms with E-state index in [1.165, 1.54) is 0 Å². The Morgan fingerprint density at radius 3 is 2.46 bits per heavy atom. The molecule has 2 saturated heterocycles. The minimum atomic E-state index is -4.55. The standard InChI is InChI=1S/C25H28F3N5O4/c1-36-19-11-16-6-10-33-18(17(16)12-20(19)37-2)13-32(14-22(33)34)23(35)15-4-8-31(9-5-15)24-29-7-3-21(30-24)25(26,27)28/h3,7,11-12,15,18H,4-6,8-10,13-14H2,1-2H3. The summed E-state index contributed by atoms with van der Waals surface area (Å²) >= 11 is 0. The van der Waals surface area contributed by atoms with E-state index in [9.17, 15) is 22.8 Å². The third-order valence-electron chi connectivity index (χ3n) is 7.41. The van der Waals surface area contributed by atoms with Gasteiger partial charge in [0, 0.05) is 38.3 Å². The largest absolute Gasteiger partial charge is 0.493 e. The fourth-order valence-corrected chi connectivity index (χ4v) is 5.46. The third-order valence-corrected chi connectivity index (χ3v) is 7.41. The maximum atomic E-state index is 13.4. The molecule has 198 valence electrons. The predicted molar refractivity (Wildman–Crippen MR) is 126 cm³/mol. The second-order valence-electron chi connectivity index (χ2n) is 9.48. The van der Waals surface area contributed by atoms with Gasteiger partial charge in [-0.1, -0.05) is 0 Å². The Kier molecular flexibility index (Phi) is 6.59. The zero-order chi connectivity index (χ0) is 26.3. The number of ether oxygens (including phenoxy) is 2. The summed E-state index contributed by atoms with van der Waals surface area (Å²) in [5.41, 5.74) is 1.02. The van der Waals surface area contributed by atoms with Crippen LogP contribution in [0.2, 0.25) is 0 Å². The summed E-state index contributed by atoms with van der Waals surface area (Å²) in [4.78, 5) is 39.2. The van der Waals surface area contributed by atoms with Crippen LogP contribution in [0.3, 0.4) is 0 Å². The molecular weight excluding hydrogens is 491 g/mol. The smallest absolute Gasteiger partial charge is 0.433 e. The van der Waals surface area contributed by atoms with E-state index in [0.717, 1.165) is 23.4 Å². The highest BCUT2D eigenvalue weighted by atomic mass is 19.4. The molecule has 12 heteroatoms. The van der Waals surface area contributed by atoms with Crippen LogP contribution in [0, 0.1) is 5.92 Å². The summed E-state index contributed by atoms with van der Waals surface area (Å²) in [6.07, 6.45) is -1.87. The molecule has 0 N–H and O–H groups in total. The van der Waals surface area contributed by atoms with Crippen molar-refractivity contribution in [3.63, 3.8) is 0 Å². The highest BCUT2D eigenvalue weighted by Gasteiger charge is 2.41. The second kappa shape index (κ2) is 9.71. The summed E-state index contributed by atoms with van der Waals surface area (Å²) in [6, 6.07) is 4.39. The van der Waals surface area contributed by atoms with Crippen molar-refractivity contribution >= 4 is 17.8 Å². The number of carbonyl (C=O) groups excluding carboxylic acids is 2. The van der Waals surface area contributed by atoms with Gasteiger partial charge in [0.2, 0.25) is 17.8 Å². The van der Waals surface area contributed by atoms with E-state index in [0.29, 0.717) is 56.9 Å². The van der Waals surface area contributed by atoms with E-state index in [4.69, 9.17) is 9.47 Å². The van der Waals surface area contributed by atoms with Gasteiger partial charge in [0.15, 0.2) is 11.5 Å². The Bertz CT molecular complexity index is 1200. The number of halogens is 3. The number of piperidine rings is 1. The molecule has 3 aliphatic rings. The van der Waals surface area contributed by atoms with Crippen LogP contribution in [0.15, 0.2) is 24.4 Å². The van der Waals surface area contributed by atoms with Gasteiger partial charge in [0.05, 0.1) is 26.8 Å². The van der Waals surface area contributed by atoms with Crippen molar-refractivity contribution < 1.29 is 32.2 Å². The molecule has 2 amide bonds. The molecular formula is C25H28F3N5O4. The van der Waals surface area contributed by atoms with Crippen molar-refractivity contribution in [3.8, 4) is 11.5 Å². The Morgan fingerprint density at radius 2 is 1.78 bits per heavy atom. The molecule has 0 aliphatic carbocycles. The lowest BCUT2D eigenvalue weighted by Gasteiger charge is -2.45. The summed E-state index contributed by atoms with van der Waals surface area (Å²) in [7, 11) is 3.14. The topological polar surface area (TPSA) is 88.1 Å². The molecule has 1 aromatic heterocycles. The van der Waals surface area contributed by atoms with Gasteiger partial charge < -0.3 is 24.2 Å². The average Bonchev–Trinajstić information content (AvgIpc) is 2.91. The molecule has 2 aromatic rings. The number of benzene rings is 1. The molecule has 0 spiro atoms. The number of hydrogen-bond donors (Lipinski definition) is 0. The number of amides is 2. The van der Waals surface area contributed by atoms with Crippen LogP contribution in [-0.2, 0) is 22.2 Å². The number of aromatic nitrogens is 2. The van der Waals surface area contributed by atoms with Gasteiger partial charge in [-0.2, -0.15) is 13.2 Å². The van der Waals surface area contributed by atoms with Gasteiger partial charge in [0.1, 0.15) is 5.69 Å². The lowest BCUT2D eigenvalue weighted by atomic mass is 9.89. The Morgan fingerprint density at radius 1 is 1.08 bits per heavy atom. The zero-order valence-electron chi connectivity index (χ0n) is 20.6. The lowest BCUT2D eigenvalue weighted by molar-refractivity contribution is -0.151. The van der Waals surface area contributed by atoms with Crippen LogP contribution in [-0.4, -0.2) is 78.5 Å². The van der Waals surface area contributed by atoms with Gasteiger partial charge in [0.25, 0.3) is 0 Å². The normalized spacial score (nSPS) is 20.4. The number of methoxy groups -OCH3 is 2. The third kappa shape index (κ3) is 4.76. The summed E-state index contributed by atoms with van der Waals surface area (Å²) in [5.74, 6) is 0.678. The first-order valence-corrected chi connectivity index (χ1v) is 12.2. The van der Waals surface area contributed by atoms with Gasteiger partial charge in [-0.25, -0.2) is 9.97 Å². The van der Waals surface area contributed by atoms with E-state index < -0.39 is 11.9 Å². The summed E-state index contributed by atoms with van der Waals surface area (Å²) < 4.78 is 50.0. The highest BCUT2D eigenvalue weighted by molar-refractivity contribution is 5.88. The van der Waals surface area contributed by atoms with Crippen molar-refractivity contribution in [2.75, 3.05) is 51.8 Å². The van der Waals surface area contributed by atoms with Crippen LogP contribution in [0.4, 0.5) is 19.1 Å². The van der Waals surface area contributed by atoms with Gasteiger partial charge >= 0.3 is 6.18 Å². The maximum Gasteiger partial charge on any atom is 0.433 e. The Labute approximate surface area is 212 Å². The number of rotatable bonds is 4. The molecule has 1 aromatic carbocycles. The fraction of sp³-hybridized carbons (Fsp3) is 0.520. The number of hydrogen-bond acceptors (Lipinski definition) is 7. The molecule has 3 aliphatic heterocycles. The minimum Gasteiger partial charge on any atom is -0.493 e. The van der Waals surface area contributed by atoms with Crippen LogP contribution in [0.1, 0.15) is 35.7 Å². The van der Waals surface area contributed by atoms with E-state index >= 15 is 0 Å². The number of carbonyl (C=O) groups is 2. The molecule has 4 heterocycles. The first-order chi connectivity index (χ1) is 17.7. The molecule has 9 nitrogen and oxygen atoms in total. The molecule has 0 bridgehead atoms. The molecule has 2 fully saturated rings. The Hall–Kier alpha value is -3.57. The lowest BCUT2D eigenvalue weighted by Crippen LogP contribution is -2.57. The molecule has 1 unspecified atom stereocenters. The van der Waals surface area contributed by atoms with E-state index in [1.807, 2.05) is 17.0 Å². The van der Waals surface area contributed by atoms with E-state index in [2.05, 4.69) is 9.97 Å². The van der Waals surface area contributed by atoms with Crippen LogP contribution in [0.25, 0.3) is 0 Å². The van der Waals surface area contributed by atoms with E-state index in [1.54, 1.807) is 24.0 Å². The molecule has 5 rings (SSSR count). The van der Waals surface area contributed by atoms with Gasteiger partial charge in [-0.15, -0.1) is 0 Å². The van der Waals surface area contributed by atoms with Crippen LogP contribution >= 0.6 is 0 Å². The number of fused-ring (bicyclic) bond motifs is 3. The summed E-state index contributed by atoms with van der Waals surface area (Å²) in [6.45, 7) is 1.69. The zero-order valence-corrected chi connectivity index (χ0v) is 20.6. The first-order valence-electron chi connectivity index (χ1n) is 12.2. The van der Waals surface area contributed by atoms with Crippen molar-refractivity contribution in [1.29, 1.82) is 0 Å². The second-order valence-corrected chi connectivity index (χ2v) is 9.48. The first kappa shape index (κ1) is 25.1. The SMILES string of the molecule is COc1cc2c(cc1OC)C1CN(C(=O)C3CCN(c4nccc(C(F)(F)F)n4)CC3)CC(=O)N1CC2. The van der Waals surface area contributed by atoms with Crippen molar-refractivity contribution in [1.82, 2.24) is 19.8 Å². The molecule has 0 radical (unpaired) electrons.